The summed E-state index contributed by atoms with van der Waals surface area (Å²) in [6.07, 6.45) is 0. The van der Waals surface area contributed by atoms with Gasteiger partial charge < -0.3 is 9.47 Å². The van der Waals surface area contributed by atoms with Crippen LogP contribution in [0.4, 0.5) is 0 Å². The molecule has 0 saturated heterocycles. The van der Waals surface area contributed by atoms with Gasteiger partial charge in [0.2, 0.25) is 0 Å². The third kappa shape index (κ3) is 3.52. The fraction of sp³-hybridized carbons (Fsp3) is 0.0952. The van der Waals surface area contributed by atoms with Gasteiger partial charge in [-0.15, -0.1) is 11.3 Å². The van der Waals surface area contributed by atoms with Crippen LogP contribution in [-0.4, -0.2) is 22.5 Å². The Balaban J connectivity index is 1.55. The van der Waals surface area contributed by atoms with E-state index in [-0.39, 0.29) is 12.2 Å². The monoisotopic (exact) mass is 392 g/mol. The first kappa shape index (κ1) is 17.9. The molecule has 0 atom stereocenters. The molecule has 2 aromatic carbocycles. The van der Waals surface area contributed by atoms with Gasteiger partial charge in [-0.25, -0.2) is 9.78 Å². The first-order valence-electron chi connectivity index (χ1n) is 8.52. The molecule has 0 saturated carbocycles. The van der Waals surface area contributed by atoms with E-state index in [2.05, 4.69) is 4.98 Å². The van der Waals surface area contributed by atoms with Gasteiger partial charge in [0.1, 0.15) is 12.4 Å². The molecule has 0 radical (unpaired) electrons. The van der Waals surface area contributed by atoms with Crippen LogP contribution in [0.3, 0.4) is 0 Å². The lowest BCUT2D eigenvalue weighted by Gasteiger charge is -2.06. The van der Waals surface area contributed by atoms with Crippen molar-refractivity contribution in [3.8, 4) is 17.0 Å². The Kier molecular flexibility index (Phi) is 4.90. The fourth-order valence-corrected chi connectivity index (χ4v) is 3.72. The lowest BCUT2D eigenvalue weighted by molar-refractivity contribution is 0.0467. The Morgan fingerprint density at radius 2 is 1.86 bits per heavy atom. The van der Waals surface area contributed by atoms with Gasteiger partial charge >= 0.3 is 5.97 Å². The molecule has 0 amide bonds. The maximum absolute atomic E-state index is 12.6. The molecule has 7 heteroatoms. The number of carbonyl (C=O) groups is 1. The zero-order chi connectivity index (χ0) is 19.5. The van der Waals surface area contributed by atoms with Crippen molar-refractivity contribution < 1.29 is 14.3 Å². The number of ether oxygens (including phenoxy) is 2. The van der Waals surface area contributed by atoms with Crippen LogP contribution < -0.4 is 10.3 Å². The molecule has 2 heterocycles. The van der Waals surface area contributed by atoms with Crippen LogP contribution in [0.1, 0.15) is 16.1 Å². The van der Waals surface area contributed by atoms with E-state index in [1.54, 1.807) is 35.8 Å². The summed E-state index contributed by atoms with van der Waals surface area (Å²) >= 11 is 1.37. The van der Waals surface area contributed by atoms with E-state index in [4.69, 9.17) is 9.47 Å². The molecule has 0 aliphatic carbocycles. The van der Waals surface area contributed by atoms with Crippen molar-refractivity contribution in [3.63, 3.8) is 0 Å². The average Bonchev–Trinajstić information content (AvgIpc) is 3.17. The molecule has 2 aromatic heterocycles. The predicted molar refractivity (Wildman–Crippen MR) is 107 cm³/mol. The van der Waals surface area contributed by atoms with Gasteiger partial charge in [-0.1, -0.05) is 30.3 Å². The maximum atomic E-state index is 12.6. The number of hydrogen-bond donors (Lipinski definition) is 0. The average molecular weight is 392 g/mol. The summed E-state index contributed by atoms with van der Waals surface area (Å²) in [6.45, 7) is -0.0742. The van der Waals surface area contributed by atoms with Gasteiger partial charge in [-0.2, -0.15) is 0 Å². The van der Waals surface area contributed by atoms with Crippen LogP contribution in [0.25, 0.3) is 16.2 Å². The largest absolute Gasteiger partial charge is 0.497 e. The number of carbonyl (C=O) groups excluding carboxylic acids is 1. The van der Waals surface area contributed by atoms with Crippen molar-refractivity contribution in [2.45, 2.75) is 6.61 Å². The third-order valence-electron chi connectivity index (χ3n) is 4.20. The molecule has 0 fully saturated rings. The summed E-state index contributed by atoms with van der Waals surface area (Å²) in [7, 11) is 1.56. The standard InChI is InChI=1S/C21H16N2O4S/c1-26-17-9-7-15(8-10-17)20(25)27-12-16-11-19(24)23-18(13-28-21(23)22-16)14-5-3-2-4-6-14/h2-11,13H,12H2,1H3. The van der Waals surface area contributed by atoms with Crippen LogP contribution >= 0.6 is 11.3 Å². The predicted octanol–water partition coefficient (Wildman–Crippen LogP) is 3.79. The van der Waals surface area contributed by atoms with Gasteiger partial charge in [-0.05, 0) is 29.8 Å². The molecule has 0 aliphatic rings. The molecular formula is C21H16N2O4S. The van der Waals surface area contributed by atoms with E-state index >= 15 is 0 Å². The topological polar surface area (TPSA) is 69.9 Å². The highest BCUT2D eigenvalue weighted by molar-refractivity contribution is 7.15. The first-order valence-corrected chi connectivity index (χ1v) is 9.40. The van der Waals surface area contributed by atoms with Crippen molar-refractivity contribution in [1.82, 2.24) is 9.38 Å². The van der Waals surface area contributed by atoms with Crippen molar-refractivity contribution in [3.05, 3.63) is 87.7 Å². The smallest absolute Gasteiger partial charge is 0.338 e. The molecule has 4 aromatic rings. The molecule has 0 unspecified atom stereocenters. The Hall–Kier alpha value is -3.45. The van der Waals surface area contributed by atoms with E-state index in [1.807, 2.05) is 35.7 Å². The molecule has 4 rings (SSSR count). The summed E-state index contributed by atoms with van der Waals surface area (Å²) in [5, 5.41) is 1.90. The molecule has 0 bridgehead atoms. The van der Waals surface area contributed by atoms with E-state index in [0.717, 1.165) is 11.3 Å². The lowest BCUT2D eigenvalue weighted by atomic mass is 10.2. The van der Waals surface area contributed by atoms with E-state index in [1.165, 1.54) is 17.4 Å². The summed E-state index contributed by atoms with van der Waals surface area (Å²) in [5.74, 6) is 0.171. The number of benzene rings is 2. The van der Waals surface area contributed by atoms with Crippen LogP contribution in [0, 0.1) is 0 Å². The zero-order valence-corrected chi connectivity index (χ0v) is 15.8. The Bertz CT molecular complexity index is 1180. The minimum absolute atomic E-state index is 0.0742. The fourth-order valence-electron chi connectivity index (χ4n) is 2.80. The molecule has 140 valence electrons. The summed E-state index contributed by atoms with van der Waals surface area (Å²) < 4.78 is 11.9. The van der Waals surface area contributed by atoms with Gasteiger partial charge in [0.25, 0.3) is 5.56 Å². The molecular weight excluding hydrogens is 376 g/mol. The number of esters is 1. The molecule has 0 N–H and O–H groups in total. The van der Waals surface area contributed by atoms with Crippen molar-refractivity contribution >= 4 is 22.3 Å². The van der Waals surface area contributed by atoms with Gasteiger partial charge in [0.05, 0.1) is 24.1 Å². The van der Waals surface area contributed by atoms with E-state index in [0.29, 0.717) is 22.0 Å². The first-order chi connectivity index (χ1) is 13.7. The summed E-state index contributed by atoms with van der Waals surface area (Å²) in [4.78, 5) is 29.8. The number of thiazole rings is 1. The SMILES string of the molecule is COc1ccc(C(=O)OCc2cc(=O)n3c(-c4ccccc4)csc3n2)cc1. The lowest BCUT2D eigenvalue weighted by Crippen LogP contribution is -2.16. The number of hydrogen-bond acceptors (Lipinski definition) is 6. The van der Waals surface area contributed by atoms with E-state index < -0.39 is 5.97 Å². The Morgan fingerprint density at radius 1 is 1.11 bits per heavy atom. The van der Waals surface area contributed by atoms with Crippen LogP contribution in [0.15, 0.2) is 70.8 Å². The number of rotatable bonds is 5. The normalized spacial score (nSPS) is 10.8. The maximum Gasteiger partial charge on any atom is 0.338 e. The number of methoxy groups -OCH3 is 1. The summed E-state index contributed by atoms with van der Waals surface area (Å²) in [5.41, 5.74) is 2.34. The highest BCUT2D eigenvalue weighted by Crippen LogP contribution is 2.23. The quantitative estimate of drug-likeness (QED) is 0.483. The van der Waals surface area contributed by atoms with Crippen molar-refractivity contribution in [1.29, 1.82) is 0 Å². The van der Waals surface area contributed by atoms with Crippen LogP contribution in [0.5, 0.6) is 5.75 Å². The number of nitrogens with zero attached hydrogens (tertiary/aromatic N) is 2. The number of aromatic nitrogens is 2. The highest BCUT2D eigenvalue weighted by Gasteiger charge is 2.13. The second kappa shape index (κ2) is 7.66. The van der Waals surface area contributed by atoms with Crippen molar-refractivity contribution in [2.24, 2.45) is 0 Å². The molecule has 28 heavy (non-hydrogen) atoms. The van der Waals surface area contributed by atoms with E-state index in [9.17, 15) is 9.59 Å². The van der Waals surface area contributed by atoms with Gasteiger partial charge in [0, 0.05) is 11.4 Å². The number of fused-ring (bicyclic) bond motifs is 1. The minimum atomic E-state index is -0.485. The van der Waals surface area contributed by atoms with Crippen LogP contribution in [-0.2, 0) is 11.3 Å². The van der Waals surface area contributed by atoms with Gasteiger partial charge in [0.15, 0.2) is 4.96 Å². The molecule has 0 aliphatic heterocycles. The highest BCUT2D eigenvalue weighted by atomic mass is 32.1. The minimum Gasteiger partial charge on any atom is -0.497 e. The van der Waals surface area contributed by atoms with Gasteiger partial charge in [-0.3, -0.25) is 9.20 Å². The zero-order valence-electron chi connectivity index (χ0n) is 15.0. The van der Waals surface area contributed by atoms with Crippen LogP contribution in [0.2, 0.25) is 0 Å². The van der Waals surface area contributed by atoms with Crippen molar-refractivity contribution in [2.75, 3.05) is 7.11 Å². The summed E-state index contributed by atoms with van der Waals surface area (Å²) in [6, 6.07) is 17.7. The third-order valence-corrected chi connectivity index (χ3v) is 5.03. The molecule has 0 spiro atoms. The second-order valence-corrected chi connectivity index (χ2v) is 6.83. The second-order valence-electron chi connectivity index (χ2n) is 6.00. The Morgan fingerprint density at radius 3 is 2.57 bits per heavy atom. The Labute approximate surface area is 164 Å². The molecule has 6 nitrogen and oxygen atoms in total.